The molecule has 0 N–H and O–H groups in total. The van der Waals surface area contributed by atoms with Crippen molar-refractivity contribution in [1.29, 1.82) is 0 Å². The van der Waals surface area contributed by atoms with Gasteiger partial charge in [-0.3, -0.25) is 4.79 Å². The number of ether oxygens (including phenoxy) is 3. The van der Waals surface area contributed by atoms with Gasteiger partial charge in [0.25, 0.3) is 0 Å². The fourth-order valence-corrected chi connectivity index (χ4v) is 3.38. The molecule has 0 bridgehead atoms. The molecule has 0 atom stereocenters. The lowest BCUT2D eigenvalue weighted by Crippen LogP contribution is -2.36. The molecule has 27 heavy (non-hydrogen) atoms. The smallest absolute Gasteiger partial charge is 0.226 e. The molecule has 2 aromatic rings. The van der Waals surface area contributed by atoms with Crippen LogP contribution in [0, 0.1) is 13.8 Å². The molecule has 1 aliphatic heterocycles. The lowest BCUT2D eigenvalue weighted by Gasteiger charge is -2.29. The largest absolute Gasteiger partial charge is 0.493 e. The molecule has 0 unspecified atom stereocenters. The maximum atomic E-state index is 12.6. The summed E-state index contributed by atoms with van der Waals surface area (Å²) in [4.78, 5) is 14.5. The first-order chi connectivity index (χ1) is 13.0. The summed E-state index contributed by atoms with van der Waals surface area (Å²) in [5.41, 5.74) is 4.64. The minimum Gasteiger partial charge on any atom is -0.493 e. The maximum absolute atomic E-state index is 12.6. The summed E-state index contributed by atoms with van der Waals surface area (Å²) in [5.74, 6) is 2.39. The fraction of sp³-hybridized carbons (Fsp3) is 0.409. The van der Waals surface area contributed by atoms with E-state index >= 15 is 0 Å². The Bertz CT molecular complexity index is 831. The molecule has 1 aliphatic rings. The Morgan fingerprint density at radius 1 is 1.04 bits per heavy atom. The maximum Gasteiger partial charge on any atom is 0.226 e. The van der Waals surface area contributed by atoms with Gasteiger partial charge >= 0.3 is 0 Å². The van der Waals surface area contributed by atoms with E-state index < -0.39 is 0 Å². The number of rotatable bonds is 6. The molecule has 5 heteroatoms. The summed E-state index contributed by atoms with van der Waals surface area (Å²) in [7, 11) is 3.26. The molecule has 0 aromatic heterocycles. The number of nitrogens with zero attached hydrogens (tertiary/aromatic N) is 1. The summed E-state index contributed by atoms with van der Waals surface area (Å²) in [5, 5.41) is 0. The molecule has 2 aromatic carbocycles. The van der Waals surface area contributed by atoms with Crippen molar-refractivity contribution in [3.8, 4) is 17.2 Å². The number of aryl methyl sites for hydroxylation is 1. The van der Waals surface area contributed by atoms with Crippen molar-refractivity contribution in [2.45, 2.75) is 33.2 Å². The Morgan fingerprint density at radius 3 is 2.44 bits per heavy atom. The lowest BCUT2D eigenvalue weighted by atomic mass is 9.98. The van der Waals surface area contributed by atoms with Crippen molar-refractivity contribution < 1.29 is 19.0 Å². The first-order valence-electron chi connectivity index (χ1n) is 9.24. The van der Waals surface area contributed by atoms with E-state index in [4.69, 9.17) is 14.2 Å². The number of carbonyl (C=O) groups excluding carboxylic acids is 1. The third-order valence-corrected chi connectivity index (χ3v) is 5.20. The molecule has 1 amide bonds. The van der Waals surface area contributed by atoms with Gasteiger partial charge < -0.3 is 19.1 Å². The van der Waals surface area contributed by atoms with Gasteiger partial charge in [0, 0.05) is 13.1 Å². The Balaban J connectivity index is 1.60. The van der Waals surface area contributed by atoms with Crippen molar-refractivity contribution in [3.05, 3.63) is 52.6 Å². The predicted molar refractivity (Wildman–Crippen MR) is 105 cm³/mol. The summed E-state index contributed by atoms with van der Waals surface area (Å²) in [6.07, 6.45) is 1.19. The van der Waals surface area contributed by atoms with Gasteiger partial charge in [0.05, 0.1) is 27.2 Å². The Labute approximate surface area is 160 Å². The van der Waals surface area contributed by atoms with E-state index in [-0.39, 0.29) is 5.91 Å². The SMILES string of the molecule is COc1cc2c(cc1OC)CN(C(=O)CCOc1cccc(C)c1C)CC2. The first-order valence-corrected chi connectivity index (χ1v) is 9.24. The summed E-state index contributed by atoms with van der Waals surface area (Å²) in [6, 6.07) is 9.97. The monoisotopic (exact) mass is 369 g/mol. The van der Waals surface area contributed by atoms with Crippen molar-refractivity contribution >= 4 is 5.91 Å². The van der Waals surface area contributed by atoms with Crippen LogP contribution in [0.15, 0.2) is 30.3 Å². The van der Waals surface area contributed by atoms with Gasteiger partial charge in [0.15, 0.2) is 11.5 Å². The number of methoxy groups -OCH3 is 2. The molecule has 5 nitrogen and oxygen atoms in total. The number of hydrogen-bond donors (Lipinski definition) is 0. The predicted octanol–water partition coefficient (Wildman–Crippen LogP) is 3.67. The second kappa shape index (κ2) is 8.33. The highest BCUT2D eigenvalue weighted by Gasteiger charge is 2.22. The van der Waals surface area contributed by atoms with E-state index in [1.54, 1.807) is 14.2 Å². The van der Waals surface area contributed by atoms with Crippen LogP contribution in [-0.2, 0) is 17.8 Å². The number of benzene rings is 2. The van der Waals surface area contributed by atoms with E-state index in [1.165, 1.54) is 11.1 Å². The zero-order valence-corrected chi connectivity index (χ0v) is 16.5. The van der Waals surface area contributed by atoms with E-state index in [9.17, 15) is 4.79 Å². The molecule has 144 valence electrons. The average molecular weight is 369 g/mol. The summed E-state index contributed by atoms with van der Waals surface area (Å²) >= 11 is 0. The number of amides is 1. The van der Waals surface area contributed by atoms with Crippen molar-refractivity contribution in [2.24, 2.45) is 0 Å². The Kier molecular flexibility index (Phi) is 5.89. The van der Waals surface area contributed by atoms with Gasteiger partial charge in [-0.25, -0.2) is 0 Å². The Morgan fingerprint density at radius 2 is 1.74 bits per heavy atom. The average Bonchev–Trinajstić information content (AvgIpc) is 2.69. The van der Waals surface area contributed by atoms with Gasteiger partial charge in [0.2, 0.25) is 5.91 Å². The standard InChI is InChI=1S/C22H27NO4/c1-15-6-5-7-19(16(15)2)27-11-9-22(24)23-10-8-17-12-20(25-3)21(26-4)13-18(17)14-23/h5-7,12-13H,8-11,14H2,1-4H3. The Hall–Kier alpha value is -2.69. The minimum atomic E-state index is 0.112. The van der Waals surface area contributed by atoms with Gasteiger partial charge in [-0.05, 0) is 60.7 Å². The normalized spacial score (nSPS) is 13.1. The molecular weight excluding hydrogens is 342 g/mol. The zero-order chi connectivity index (χ0) is 19.4. The van der Waals surface area contributed by atoms with Crippen LogP contribution in [0.5, 0.6) is 17.2 Å². The fourth-order valence-electron chi connectivity index (χ4n) is 3.38. The highest BCUT2D eigenvalue weighted by atomic mass is 16.5. The van der Waals surface area contributed by atoms with Crippen LogP contribution in [-0.4, -0.2) is 38.2 Å². The van der Waals surface area contributed by atoms with Crippen molar-refractivity contribution in [1.82, 2.24) is 4.90 Å². The van der Waals surface area contributed by atoms with Crippen LogP contribution in [0.4, 0.5) is 0 Å². The van der Waals surface area contributed by atoms with Gasteiger partial charge in [0.1, 0.15) is 5.75 Å². The quantitative estimate of drug-likeness (QED) is 0.779. The van der Waals surface area contributed by atoms with Crippen molar-refractivity contribution in [2.75, 3.05) is 27.4 Å². The van der Waals surface area contributed by atoms with Crippen LogP contribution in [0.2, 0.25) is 0 Å². The van der Waals surface area contributed by atoms with Crippen LogP contribution in [0.3, 0.4) is 0 Å². The van der Waals surface area contributed by atoms with Crippen molar-refractivity contribution in [3.63, 3.8) is 0 Å². The zero-order valence-electron chi connectivity index (χ0n) is 16.5. The van der Waals surface area contributed by atoms with Crippen LogP contribution in [0.1, 0.15) is 28.7 Å². The topological polar surface area (TPSA) is 48.0 Å². The van der Waals surface area contributed by atoms with E-state index in [0.717, 1.165) is 29.0 Å². The summed E-state index contributed by atoms with van der Waals surface area (Å²) < 4.78 is 16.6. The highest BCUT2D eigenvalue weighted by molar-refractivity contribution is 5.76. The molecule has 0 aliphatic carbocycles. The van der Waals surface area contributed by atoms with Gasteiger partial charge in [-0.2, -0.15) is 0 Å². The van der Waals surface area contributed by atoms with Crippen LogP contribution >= 0.6 is 0 Å². The van der Waals surface area contributed by atoms with Crippen LogP contribution < -0.4 is 14.2 Å². The lowest BCUT2D eigenvalue weighted by molar-refractivity contribution is -0.132. The molecule has 3 rings (SSSR count). The molecule has 0 saturated carbocycles. The third-order valence-electron chi connectivity index (χ3n) is 5.20. The third kappa shape index (κ3) is 4.18. The second-order valence-corrected chi connectivity index (χ2v) is 6.84. The van der Waals surface area contributed by atoms with E-state index in [1.807, 2.05) is 36.1 Å². The van der Waals surface area contributed by atoms with E-state index in [2.05, 4.69) is 13.0 Å². The highest BCUT2D eigenvalue weighted by Crippen LogP contribution is 2.33. The van der Waals surface area contributed by atoms with Gasteiger partial charge in [-0.1, -0.05) is 12.1 Å². The molecular formula is C22H27NO4. The molecule has 0 fully saturated rings. The second-order valence-electron chi connectivity index (χ2n) is 6.84. The molecule has 1 heterocycles. The number of carbonyl (C=O) groups is 1. The number of fused-ring (bicyclic) bond motifs is 1. The molecule has 0 radical (unpaired) electrons. The first kappa shape index (κ1) is 19.1. The summed E-state index contributed by atoms with van der Waals surface area (Å²) in [6.45, 7) is 5.79. The van der Waals surface area contributed by atoms with Crippen LogP contribution in [0.25, 0.3) is 0 Å². The van der Waals surface area contributed by atoms with Gasteiger partial charge in [-0.15, -0.1) is 0 Å². The number of hydrogen-bond acceptors (Lipinski definition) is 4. The van der Waals surface area contributed by atoms with E-state index in [0.29, 0.717) is 31.9 Å². The minimum absolute atomic E-state index is 0.112. The molecule has 0 saturated heterocycles. The molecule has 0 spiro atoms.